The van der Waals surface area contributed by atoms with Crippen molar-refractivity contribution in [1.82, 2.24) is 4.57 Å². The highest BCUT2D eigenvalue weighted by Gasteiger charge is 2.92. The molecular weight excluding hydrogens is 726 g/mol. The summed E-state index contributed by atoms with van der Waals surface area (Å²) in [6, 6.07) is 0. The van der Waals surface area contributed by atoms with Crippen LogP contribution in [-0.4, -0.2) is 76.1 Å². The van der Waals surface area contributed by atoms with Crippen molar-refractivity contribution in [2.45, 2.75) is 84.7 Å². The molecular formula is C17H7F26N2+. The Morgan fingerprint density at radius 2 is 0.667 bits per heavy atom. The number of nitrogens with zero attached hydrogens (tertiary/aromatic N) is 2. The van der Waals surface area contributed by atoms with E-state index in [2.05, 4.69) is 0 Å². The van der Waals surface area contributed by atoms with Crippen molar-refractivity contribution in [3.05, 3.63) is 18.7 Å². The van der Waals surface area contributed by atoms with Crippen molar-refractivity contribution in [2.24, 2.45) is 0 Å². The van der Waals surface area contributed by atoms with Gasteiger partial charge in [0, 0.05) is 0 Å². The van der Waals surface area contributed by atoms with Gasteiger partial charge in [0.25, 0.3) is 0 Å². The quantitative estimate of drug-likeness (QED) is 0.151. The molecule has 0 aliphatic carbocycles. The lowest BCUT2D eigenvalue weighted by Gasteiger charge is -2.39. The van der Waals surface area contributed by atoms with Crippen molar-refractivity contribution in [2.75, 3.05) is 0 Å². The van der Waals surface area contributed by atoms with Crippen molar-refractivity contribution < 1.29 is 119 Å². The van der Waals surface area contributed by atoms with Gasteiger partial charge in [0.1, 0.15) is 12.4 Å². The molecule has 0 spiro atoms. The lowest BCUT2D eigenvalue weighted by molar-refractivity contribution is -0.719. The third-order valence-electron chi connectivity index (χ3n) is 5.51. The number of imidazole rings is 1. The fourth-order valence-electron chi connectivity index (χ4n) is 2.89. The second kappa shape index (κ2) is 10.4. The summed E-state index contributed by atoms with van der Waals surface area (Å²) < 4.78 is 339. The van der Waals surface area contributed by atoms with Gasteiger partial charge < -0.3 is 0 Å². The summed E-state index contributed by atoms with van der Waals surface area (Å²) in [6.07, 6.45) is -17.2. The van der Waals surface area contributed by atoms with Gasteiger partial charge in [-0.15, -0.1) is 0 Å². The fraction of sp³-hybridized carbons (Fsp3) is 0.824. The van der Waals surface area contributed by atoms with E-state index in [9.17, 15) is 114 Å². The average Bonchev–Trinajstić information content (AvgIpc) is 3.21. The number of hydrogen-bond acceptors (Lipinski definition) is 0. The molecule has 1 aromatic rings. The van der Waals surface area contributed by atoms with Gasteiger partial charge in [0.15, 0.2) is 13.1 Å². The first kappa shape index (κ1) is 40.4. The first-order valence-electron chi connectivity index (χ1n) is 10.1. The molecule has 1 aromatic heterocycles. The molecule has 1 heterocycles. The maximum absolute atomic E-state index is 13.9. The third-order valence-corrected chi connectivity index (χ3v) is 5.51. The first-order valence-corrected chi connectivity index (χ1v) is 10.1. The second-order valence-electron chi connectivity index (χ2n) is 8.76. The molecule has 0 unspecified atom stereocenters. The van der Waals surface area contributed by atoms with Gasteiger partial charge in [-0.3, -0.25) is 0 Å². The molecule has 45 heavy (non-hydrogen) atoms. The average molecular weight is 733 g/mol. The van der Waals surface area contributed by atoms with E-state index in [1.165, 1.54) is 0 Å². The van der Waals surface area contributed by atoms with Crippen LogP contribution in [-0.2, 0) is 13.1 Å². The van der Waals surface area contributed by atoms with Gasteiger partial charge >= 0.3 is 71.6 Å². The topological polar surface area (TPSA) is 8.81 Å². The van der Waals surface area contributed by atoms with Crippen LogP contribution in [0.1, 0.15) is 0 Å². The van der Waals surface area contributed by atoms with Crippen LogP contribution in [0.3, 0.4) is 0 Å². The maximum Gasteiger partial charge on any atom is 0.460 e. The lowest BCUT2D eigenvalue weighted by Crippen LogP contribution is -2.71. The molecule has 0 aliphatic heterocycles. The minimum atomic E-state index is -8.36. The van der Waals surface area contributed by atoms with E-state index < -0.39 is 113 Å². The molecule has 0 atom stereocenters. The van der Waals surface area contributed by atoms with E-state index in [4.69, 9.17) is 0 Å². The van der Waals surface area contributed by atoms with E-state index in [1.807, 2.05) is 0 Å². The van der Waals surface area contributed by atoms with E-state index in [0.717, 1.165) is 0 Å². The monoisotopic (exact) mass is 733 g/mol. The number of halogens is 26. The number of alkyl halides is 26. The van der Waals surface area contributed by atoms with Crippen LogP contribution in [0.15, 0.2) is 18.7 Å². The largest absolute Gasteiger partial charge is 0.460 e. The SMILES string of the molecule is FC(F)(F)C(F)(F)C(F)(F)C(F)(F)C(F)(F)C(F)(F)Cn1cc[n+](CC(F)(F)C(F)(F)C(F)(F)C(F)(F)C(F)(F)C(F)(F)F)c1. The second-order valence-corrected chi connectivity index (χ2v) is 8.76. The summed E-state index contributed by atoms with van der Waals surface area (Å²) in [6.45, 7) is -6.71. The van der Waals surface area contributed by atoms with Crippen LogP contribution in [0.2, 0.25) is 0 Å². The molecule has 0 saturated carbocycles. The predicted molar refractivity (Wildman–Crippen MR) is 86.2 cm³/mol. The molecule has 0 amide bonds. The van der Waals surface area contributed by atoms with Gasteiger partial charge in [-0.25, -0.2) is 9.13 Å². The fourth-order valence-corrected chi connectivity index (χ4v) is 2.89. The Kier molecular flexibility index (Phi) is 9.38. The van der Waals surface area contributed by atoms with Gasteiger partial charge in [0.05, 0.1) is 0 Å². The summed E-state index contributed by atoms with van der Waals surface area (Å²) in [7, 11) is 0. The zero-order valence-corrected chi connectivity index (χ0v) is 19.9. The molecule has 266 valence electrons. The van der Waals surface area contributed by atoms with Crippen LogP contribution in [0.25, 0.3) is 0 Å². The van der Waals surface area contributed by atoms with Crippen LogP contribution in [0.5, 0.6) is 0 Å². The summed E-state index contributed by atoms with van der Waals surface area (Å²) in [5.74, 6) is -79.4. The Balaban J connectivity index is 3.45. The Morgan fingerprint density at radius 1 is 0.378 bits per heavy atom. The van der Waals surface area contributed by atoms with Crippen molar-refractivity contribution in [3.8, 4) is 0 Å². The molecule has 28 heteroatoms. The Hall–Kier alpha value is -2.61. The summed E-state index contributed by atoms with van der Waals surface area (Å²) >= 11 is 0. The van der Waals surface area contributed by atoms with E-state index >= 15 is 0 Å². The molecule has 2 nitrogen and oxygen atoms in total. The molecule has 0 radical (unpaired) electrons. The van der Waals surface area contributed by atoms with Gasteiger partial charge in [-0.05, 0) is 0 Å². The first-order chi connectivity index (χ1) is 19.2. The minimum Gasteiger partial charge on any atom is -0.230 e. The van der Waals surface area contributed by atoms with Crippen LogP contribution >= 0.6 is 0 Å². The zero-order valence-electron chi connectivity index (χ0n) is 19.9. The smallest absolute Gasteiger partial charge is 0.230 e. The van der Waals surface area contributed by atoms with Crippen LogP contribution < -0.4 is 4.57 Å². The normalized spacial score (nSPS) is 16.4. The molecule has 1 rings (SSSR count). The number of rotatable bonds is 12. The predicted octanol–water partition coefficient (Wildman–Crippen LogP) is 8.25. The van der Waals surface area contributed by atoms with E-state index in [-0.39, 0.29) is 0 Å². The summed E-state index contributed by atoms with van der Waals surface area (Å²) in [5, 5.41) is 0. The number of hydrogen-bond donors (Lipinski definition) is 0. The molecule has 0 saturated heterocycles. The van der Waals surface area contributed by atoms with E-state index in [1.54, 1.807) is 0 Å². The Morgan fingerprint density at radius 3 is 0.978 bits per heavy atom. The maximum atomic E-state index is 13.9. The molecule has 0 aromatic carbocycles. The highest BCUT2D eigenvalue weighted by molar-refractivity contribution is 5.11. The number of aromatic nitrogens is 2. The van der Waals surface area contributed by atoms with Crippen molar-refractivity contribution >= 4 is 0 Å². The van der Waals surface area contributed by atoms with Crippen LogP contribution in [0, 0.1) is 0 Å². The zero-order chi connectivity index (χ0) is 36.7. The third kappa shape index (κ3) is 5.67. The van der Waals surface area contributed by atoms with Gasteiger partial charge in [0.2, 0.25) is 6.33 Å². The van der Waals surface area contributed by atoms with Gasteiger partial charge in [-0.2, -0.15) is 114 Å². The van der Waals surface area contributed by atoms with Crippen molar-refractivity contribution in [1.29, 1.82) is 0 Å². The summed E-state index contributed by atoms with van der Waals surface area (Å²) in [5.41, 5.74) is 0. The highest BCUT2D eigenvalue weighted by Crippen LogP contribution is 2.62. The lowest BCUT2D eigenvalue weighted by atomic mass is 9.94. The summed E-state index contributed by atoms with van der Waals surface area (Å²) in [4.78, 5) is 0. The Bertz CT molecular complexity index is 1110. The Labute approximate surface area is 228 Å². The minimum absolute atomic E-state index is 0.441. The molecule has 0 aliphatic rings. The standard InChI is InChI=1S/C17H7F26N2/c18-6(19,8(22,23)10(26,27)12(30,31)14(34,35)16(38,39)40)3-44-1-2-45(5-44)4-7(20,21)9(24,25)11(28,29)13(32,33)15(36,37)17(41,42)43/h1-2,5H,3-4H2/q+1. The molecule has 0 fully saturated rings. The highest BCUT2D eigenvalue weighted by atomic mass is 19.4. The van der Waals surface area contributed by atoms with Crippen molar-refractivity contribution in [3.63, 3.8) is 0 Å². The van der Waals surface area contributed by atoms with Gasteiger partial charge in [-0.1, -0.05) is 0 Å². The van der Waals surface area contributed by atoms with Crippen LogP contribution in [0.4, 0.5) is 114 Å². The molecule has 0 bridgehead atoms. The van der Waals surface area contributed by atoms with E-state index in [0.29, 0.717) is 0 Å². The molecule has 0 N–H and O–H groups in total.